The second-order valence-corrected chi connectivity index (χ2v) is 5.97. The average molecular weight is 382 g/mol. The van der Waals surface area contributed by atoms with Crippen LogP contribution >= 0.6 is 0 Å². The first-order valence-electron chi connectivity index (χ1n) is 8.84. The summed E-state index contributed by atoms with van der Waals surface area (Å²) in [5.41, 5.74) is 0.775. The Balaban J connectivity index is 1.46. The number of ether oxygens (including phenoxy) is 2. The van der Waals surface area contributed by atoms with E-state index in [-0.39, 0.29) is 25.5 Å². The van der Waals surface area contributed by atoms with Gasteiger partial charge in [-0.05, 0) is 17.7 Å². The first-order chi connectivity index (χ1) is 13.7. The maximum absolute atomic E-state index is 12.2. The van der Waals surface area contributed by atoms with Crippen molar-refractivity contribution in [1.29, 1.82) is 0 Å². The van der Waals surface area contributed by atoms with Crippen molar-refractivity contribution < 1.29 is 19.4 Å². The van der Waals surface area contributed by atoms with Crippen LogP contribution in [0, 0.1) is 0 Å². The molecule has 1 atom stereocenters. The number of nitrogens with one attached hydrogen (secondary N) is 1. The summed E-state index contributed by atoms with van der Waals surface area (Å²) in [5.74, 6) is 0.872. The summed E-state index contributed by atoms with van der Waals surface area (Å²) in [4.78, 5) is 16.2. The van der Waals surface area contributed by atoms with Crippen LogP contribution in [0.25, 0.3) is 0 Å². The number of rotatable bonds is 9. The minimum atomic E-state index is -0.729. The van der Waals surface area contributed by atoms with Crippen molar-refractivity contribution in [3.05, 3.63) is 72.3 Å². The zero-order valence-corrected chi connectivity index (χ0v) is 15.5. The summed E-state index contributed by atoms with van der Waals surface area (Å²) < 4.78 is 12.2. The topological polar surface area (TPSA) is 98.5 Å². The molecule has 1 heterocycles. The molecular weight excluding hydrogens is 360 g/mol. The number of hydrogen-bond acceptors (Lipinski definition) is 6. The Morgan fingerprint density at radius 2 is 1.86 bits per heavy atom. The van der Waals surface area contributed by atoms with Crippen LogP contribution in [0.1, 0.15) is 22.3 Å². The van der Waals surface area contributed by atoms with Gasteiger partial charge in [0.15, 0.2) is 11.5 Å². The van der Waals surface area contributed by atoms with E-state index in [1.54, 1.807) is 19.2 Å². The van der Waals surface area contributed by atoms with E-state index in [1.807, 2.05) is 42.5 Å². The molecule has 0 fully saturated rings. The number of methoxy groups -OCH3 is 1. The van der Waals surface area contributed by atoms with Gasteiger partial charge in [-0.15, -0.1) is 5.10 Å². The third-order valence-corrected chi connectivity index (χ3v) is 4.00. The minimum Gasteiger partial charge on any atom is -0.493 e. The van der Waals surface area contributed by atoms with Gasteiger partial charge in [0, 0.05) is 0 Å². The van der Waals surface area contributed by atoms with E-state index < -0.39 is 12.0 Å². The first-order valence-corrected chi connectivity index (χ1v) is 8.84. The molecule has 0 bridgehead atoms. The fraction of sp³-hybridized carbons (Fsp3) is 0.250. The van der Waals surface area contributed by atoms with E-state index >= 15 is 0 Å². The minimum absolute atomic E-state index is 0.0394. The highest BCUT2D eigenvalue weighted by atomic mass is 16.5. The summed E-state index contributed by atoms with van der Waals surface area (Å²) in [6, 6.07) is 16.5. The Morgan fingerprint density at radius 1 is 1.14 bits per heavy atom. The molecule has 0 saturated heterocycles. The number of hydrogen-bond donors (Lipinski definition) is 2. The van der Waals surface area contributed by atoms with Crippen molar-refractivity contribution in [2.24, 2.45) is 0 Å². The molecule has 2 aromatic carbocycles. The van der Waals surface area contributed by atoms with Crippen LogP contribution in [0.15, 0.2) is 60.9 Å². The van der Waals surface area contributed by atoms with Crippen LogP contribution in [0.2, 0.25) is 0 Å². The molecule has 8 nitrogen and oxygen atoms in total. The van der Waals surface area contributed by atoms with Crippen molar-refractivity contribution in [3.63, 3.8) is 0 Å². The summed E-state index contributed by atoms with van der Waals surface area (Å²) >= 11 is 0. The number of aliphatic hydroxyl groups excluding tert-OH is 1. The number of benzene rings is 2. The van der Waals surface area contributed by atoms with Gasteiger partial charge in [0.1, 0.15) is 12.9 Å². The van der Waals surface area contributed by atoms with E-state index in [0.29, 0.717) is 11.5 Å². The fourth-order valence-corrected chi connectivity index (χ4v) is 2.59. The highest BCUT2D eigenvalue weighted by Crippen LogP contribution is 2.25. The molecule has 0 radical (unpaired) electrons. The van der Waals surface area contributed by atoms with Crippen LogP contribution in [0.5, 0.6) is 11.5 Å². The molecule has 146 valence electrons. The summed E-state index contributed by atoms with van der Waals surface area (Å²) in [6.45, 7) is 0.777. The number of amides is 1. The maximum Gasteiger partial charge on any atom is 0.291 e. The van der Waals surface area contributed by atoms with E-state index in [9.17, 15) is 9.90 Å². The molecule has 0 spiro atoms. The predicted octanol–water partition coefficient (Wildman–Crippen LogP) is 1.83. The normalized spacial score (nSPS) is 11.6. The summed E-state index contributed by atoms with van der Waals surface area (Å²) in [5, 5.41) is 17.0. The van der Waals surface area contributed by atoms with Crippen LogP contribution in [0.3, 0.4) is 0 Å². The highest BCUT2D eigenvalue weighted by molar-refractivity contribution is 5.90. The van der Waals surface area contributed by atoms with Gasteiger partial charge in [-0.3, -0.25) is 4.79 Å². The SMILES string of the molecule is COc1ccccc1OCCNC(=O)c1ncn(CC(O)c2ccccc2)n1. The van der Waals surface area contributed by atoms with Gasteiger partial charge < -0.3 is 19.9 Å². The van der Waals surface area contributed by atoms with Gasteiger partial charge in [0.05, 0.1) is 26.3 Å². The molecule has 1 amide bonds. The van der Waals surface area contributed by atoms with Crippen molar-refractivity contribution in [1.82, 2.24) is 20.1 Å². The Labute approximate surface area is 162 Å². The number of para-hydroxylation sites is 2. The molecule has 1 unspecified atom stereocenters. The lowest BCUT2D eigenvalue weighted by Gasteiger charge is -2.10. The molecule has 3 rings (SSSR count). The van der Waals surface area contributed by atoms with Gasteiger partial charge in [0.25, 0.3) is 5.91 Å². The molecule has 0 saturated carbocycles. The molecule has 0 aliphatic heterocycles. The Kier molecular flexibility index (Phi) is 6.59. The van der Waals surface area contributed by atoms with Gasteiger partial charge in [-0.25, -0.2) is 9.67 Å². The number of nitrogens with zero attached hydrogens (tertiary/aromatic N) is 3. The lowest BCUT2D eigenvalue weighted by molar-refractivity contribution is 0.0934. The number of aromatic nitrogens is 3. The number of aliphatic hydroxyl groups is 1. The molecule has 0 aliphatic rings. The largest absolute Gasteiger partial charge is 0.493 e. The molecule has 3 aromatic rings. The number of carbonyl (C=O) groups is 1. The van der Waals surface area contributed by atoms with Crippen LogP contribution < -0.4 is 14.8 Å². The summed E-state index contributed by atoms with van der Waals surface area (Å²) in [7, 11) is 1.57. The van der Waals surface area contributed by atoms with Gasteiger partial charge >= 0.3 is 0 Å². The fourth-order valence-electron chi connectivity index (χ4n) is 2.59. The second kappa shape index (κ2) is 9.52. The molecule has 0 aliphatic carbocycles. The van der Waals surface area contributed by atoms with Gasteiger partial charge in [-0.1, -0.05) is 42.5 Å². The third kappa shape index (κ3) is 5.08. The lowest BCUT2D eigenvalue weighted by atomic mass is 10.1. The summed E-state index contributed by atoms with van der Waals surface area (Å²) in [6.07, 6.45) is 0.694. The van der Waals surface area contributed by atoms with Crippen LogP contribution in [-0.2, 0) is 6.54 Å². The number of carbonyl (C=O) groups excluding carboxylic acids is 1. The van der Waals surface area contributed by atoms with Crippen molar-refractivity contribution in [3.8, 4) is 11.5 Å². The molecule has 28 heavy (non-hydrogen) atoms. The van der Waals surface area contributed by atoms with Crippen LogP contribution in [0.4, 0.5) is 0 Å². The monoisotopic (exact) mass is 382 g/mol. The third-order valence-electron chi connectivity index (χ3n) is 4.00. The van der Waals surface area contributed by atoms with Gasteiger partial charge in [0.2, 0.25) is 5.82 Å². The Bertz CT molecular complexity index is 898. The molecule has 8 heteroatoms. The predicted molar refractivity (Wildman–Crippen MR) is 102 cm³/mol. The Morgan fingerprint density at radius 3 is 2.61 bits per heavy atom. The lowest BCUT2D eigenvalue weighted by Crippen LogP contribution is -2.29. The zero-order valence-electron chi connectivity index (χ0n) is 15.5. The van der Waals surface area contributed by atoms with Gasteiger partial charge in [-0.2, -0.15) is 0 Å². The van der Waals surface area contributed by atoms with Crippen molar-refractivity contribution >= 4 is 5.91 Å². The smallest absolute Gasteiger partial charge is 0.291 e. The standard InChI is InChI=1S/C20H22N4O4/c1-27-17-9-5-6-10-18(17)28-12-11-21-20(26)19-22-14-24(23-19)13-16(25)15-7-3-2-4-8-15/h2-10,14,16,25H,11-13H2,1H3,(H,21,26). The maximum atomic E-state index is 12.2. The van der Waals surface area contributed by atoms with Crippen molar-refractivity contribution in [2.75, 3.05) is 20.3 Å². The average Bonchev–Trinajstić information content (AvgIpc) is 3.20. The van der Waals surface area contributed by atoms with E-state index in [1.165, 1.54) is 11.0 Å². The molecular formula is C20H22N4O4. The van der Waals surface area contributed by atoms with Crippen molar-refractivity contribution in [2.45, 2.75) is 12.6 Å². The second-order valence-electron chi connectivity index (χ2n) is 5.97. The molecule has 2 N–H and O–H groups in total. The van der Waals surface area contributed by atoms with Crippen LogP contribution in [-0.4, -0.2) is 46.0 Å². The van der Waals surface area contributed by atoms with E-state index in [2.05, 4.69) is 15.4 Å². The van der Waals surface area contributed by atoms with E-state index in [4.69, 9.17) is 9.47 Å². The highest BCUT2D eigenvalue weighted by Gasteiger charge is 2.14. The molecule has 1 aromatic heterocycles. The first kappa shape index (κ1) is 19.4. The Hall–Kier alpha value is -3.39. The zero-order chi connectivity index (χ0) is 19.8. The quantitative estimate of drug-likeness (QED) is 0.548. The van der Waals surface area contributed by atoms with E-state index in [0.717, 1.165) is 5.56 Å².